The van der Waals surface area contributed by atoms with Gasteiger partial charge in [-0.05, 0) is 111 Å². The minimum Gasteiger partial charge on any atom is -0.487 e. The van der Waals surface area contributed by atoms with E-state index in [2.05, 4.69) is 72.0 Å². The molecular weight excluding hydrogens is 725 g/mol. The second kappa shape index (κ2) is 11.3. The fourth-order valence-electron chi connectivity index (χ4n) is 4.23. The molecule has 1 aromatic heterocycles. The molecule has 0 fully saturated rings. The maximum atomic E-state index is 9.85. The van der Waals surface area contributed by atoms with E-state index >= 15 is 0 Å². The van der Waals surface area contributed by atoms with Gasteiger partial charge in [0.05, 0.1) is 12.7 Å². The molecule has 8 heteroatoms. The molecule has 1 aliphatic carbocycles. The van der Waals surface area contributed by atoms with Crippen molar-refractivity contribution in [2.24, 2.45) is 16.3 Å². The first-order valence-corrected chi connectivity index (χ1v) is 14.9. The van der Waals surface area contributed by atoms with Gasteiger partial charge in [-0.1, -0.05) is 50.0 Å². The highest BCUT2D eigenvalue weighted by Crippen LogP contribution is 2.45. The van der Waals surface area contributed by atoms with E-state index in [0.717, 1.165) is 53.8 Å². The van der Waals surface area contributed by atoms with E-state index in [1.165, 1.54) is 10.4 Å². The Morgan fingerprint density at radius 3 is 2.54 bits per heavy atom. The molecular formula is C27H24Cl2I2N2OS. The van der Waals surface area contributed by atoms with E-state index in [0.29, 0.717) is 22.6 Å². The van der Waals surface area contributed by atoms with Gasteiger partial charge < -0.3 is 4.74 Å². The zero-order valence-electron chi connectivity index (χ0n) is 19.6. The number of fused-ring (bicyclic) bond motifs is 1. The quantitative estimate of drug-likeness (QED) is 0.193. The van der Waals surface area contributed by atoms with Crippen LogP contribution in [0.2, 0.25) is 10.0 Å². The highest BCUT2D eigenvalue weighted by molar-refractivity contribution is 14.1. The predicted molar refractivity (Wildman–Crippen MR) is 164 cm³/mol. The highest BCUT2D eigenvalue weighted by atomic mass is 127. The largest absolute Gasteiger partial charge is 0.487 e. The third-order valence-corrected chi connectivity index (χ3v) is 9.67. The molecule has 0 amide bonds. The Bertz CT molecular complexity index is 1320. The summed E-state index contributed by atoms with van der Waals surface area (Å²) in [7, 11) is 0. The molecule has 2 aromatic carbocycles. The lowest BCUT2D eigenvalue weighted by atomic mass is 9.72. The maximum absolute atomic E-state index is 9.85. The summed E-state index contributed by atoms with van der Waals surface area (Å²) in [5, 5.41) is 11.9. The van der Waals surface area contributed by atoms with Crippen molar-refractivity contribution in [1.82, 2.24) is 0 Å². The van der Waals surface area contributed by atoms with E-state index in [-0.39, 0.29) is 5.41 Å². The number of rotatable bonds is 5. The molecule has 1 atom stereocenters. The van der Waals surface area contributed by atoms with Crippen LogP contribution >= 0.6 is 79.7 Å². The van der Waals surface area contributed by atoms with Crippen molar-refractivity contribution in [1.29, 1.82) is 5.26 Å². The average Bonchev–Trinajstić information content (AvgIpc) is 3.14. The summed E-state index contributed by atoms with van der Waals surface area (Å²) in [6.45, 7) is 7.28. The monoisotopic (exact) mass is 748 g/mol. The molecule has 0 saturated carbocycles. The van der Waals surface area contributed by atoms with Gasteiger partial charge in [-0.15, -0.1) is 11.3 Å². The average molecular weight is 749 g/mol. The smallest absolute Gasteiger partial charge is 0.146 e. The Morgan fingerprint density at radius 2 is 1.91 bits per heavy atom. The predicted octanol–water partition coefficient (Wildman–Crippen LogP) is 9.62. The van der Waals surface area contributed by atoms with Gasteiger partial charge in [-0.3, -0.25) is 0 Å². The van der Waals surface area contributed by atoms with Crippen LogP contribution in [0.1, 0.15) is 54.3 Å². The van der Waals surface area contributed by atoms with Crippen molar-refractivity contribution in [3.05, 3.63) is 74.6 Å². The molecule has 0 saturated heterocycles. The van der Waals surface area contributed by atoms with Gasteiger partial charge >= 0.3 is 0 Å². The first kappa shape index (κ1) is 27.2. The first-order valence-electron chi connectivity index (χ1n) is 11.2. The van der Waals surface area contributed by atoms with Gasteiger partial charge in [0.15, 0.2) is 0 Å². The molecule has 3 nitrogen and oxygen atoms in total. The molecule has 4 rings (SSSR count). The van der Waals surface area contributed by atoms with Crippen molar-refractivity contribution in [2.45, 2.75) is 46.6 Å². The van der Waals surface area contributed by atoms with Gasteiger partial charge in [0.1, 0.15) is 23.4 Å². The van der Waals surface area contributed by atoms with E-state index in [1.54, 1.807) is 17.4 Å². The standard InChI is InChI=1S/C27H24Cl2I2N2OS/c1-27(2,3)17-5-7-19-20(12-32)26(35-24(19)10-17)33-13-15-8-22(30)25(23(31)9-15)34-14-16-4-6-18(28)11-21(16)29/h4,6,8-9,11,13,17H,5,7,10,14H2,1-3H3/t17-/m1/s1. The lowest BCUT2D eigenvalue weighted by molar-refractivity contribution is 0.218. The van der Waals surface area contributed by atoms with Crippen LogP contribution in [0.25, 0.3) is 0 Å². The molecule has 1 heterocycles. The fourth-order valence-corrected chi connectivity index (χ4v) is 8.04. The Balaban J connectivity index is 1.53. The van der Waals surface area contributed by atoms with Gasteiger partial charge in [0.2, 0.25) is 0 Å². The molecule has 0 N–H and O–H groups in total. The van der Waals surface area contributed by atoms with Crippen LogP contribution in [-0.2, 0) is 19.4 Å². The van der Waals surface area contributed by atoms with Crippen LogP contribution in [0.3, 0.4) is 0 Å². The summed E-state index contributed by atoms with van der Waals surface area (Å²) in [5.74, 6) is 1.45. The molecule has 0 bridgehead atoms. The van der Waals surface area contributed by atoms with Crippen molar-refractivity contribution >= 4 is 90.9 Å². The van der Waals surface area contributed by atoms with Crippen molar-refractivity contribution < 1.29 is 4.74 Å². The molecule has 0 aliphatic heterocycles. The maximum Gasteiger partial charge on any atom is 0.146 e. The number of thiophene rings is 1. The third-order valence-electron chi connectivity index (χ3n) is 6.32. The summed E-state index contributed by atoms with van der Waals surface area (Å²) in [6.07, 6.45) is 4.98. The van der Waals surface area contributed by atoms with Gasteiger partial charge in [0.25, 0.3) is 0 Å². The lowest BCUT2D eigenvalue weighted by Gasteiger charge is -2.33. The molecule has 0 unspecified atom stereocenters. The van der Waals surface area contributed by atoms with Crippen LogP contribution in [0.5, 0.6) is 5.75 Å². The van der Waals surface area contributed by atoms with Crippen LogP contribution < -0.4 is 4.74 Å². The van der Waals surface area contributed by atoms with Crippen molar-refractivity contribution in [3.63, 3.8) is 0 Å². The van der Waals surface area contributed by atoms with Gasteiger partial charge in [-0.25, -0.2) is 4.99 Å². The zero-order chi connectivity index (χ0) is 25.3. The van der Waals surface area contributed by atoms with E-state index < -0.39 is 0 Å². The van der Waals surface area contributed by atoms with Crippen LogP contribution in [0.15, 0.2) is 35.3 Å². The molecule has 1 aliphatic rings. The van der Waals surface area contributed by atoms with Crippen molar-refractivity contribution in [2.75, 3.05) is 0 Å². The molecule has 35 heavy (non-hydrogen) atoms. The Hall–Kier alpha value is -0.860. The molecule has 3 aromatic rings. The number of hydrogen-bond acceptors (Lipinski definition) is 4. The molecule has 0 radical (unpaired) electrons. The number of nitriles is 1. The third kappa shape index (κ3) is 6.35. The Kier molecular flexibility index (Phi) is 8.74. The minimum atomic E-state index is 0.272. The zero-order valence-corrected chi connectivity index (χ0v) is 26.2. The van der Waals surface area contributed by atoms with Gasteiger partial charge in [-0.2, -0.15) is 5.26 Å². The summed E-state index contributed by atoms with van der Waals surface area (Å²) in [6, 6.07) is 11.9. The summed E-state index contributed by atoms with van der Waals surface area (Å²) < 4.78 is 8.07. The number of nitrogens with zero attached hydrogens (tertiary/aromatic N) is 2. The number of benzene rings is 2. The highest BCUT2D eigenvalue weighted by Gasteiger charge is 2.32. The van der Waals surface area contributed by atoms with Crippen LogP contribution in [-0.4, -0.2) is 6.21 Å². The minimum absolute atomic E-state index is 0.272. The first-order chi connectivity index (χ1) is 16.6. The number of halogens is 4. The van der Waals surface area contributed by atoms with Crippen molar-refractivity contribution in [3.8, 4) is 11.8 Å². The van der Waals surface area contributed by atoms with E-state index in [4.69, 9.17) is 32.9 Å². The van der Waals surface area contributed by atoms with E-state index in [9.17, 15) is 5.26 Å². The number of ether oxygens (including phenoxy) is 1. The Labute approximate surface area is 248 Å². The topological polar surface area (TPSA) is 45.4 Å². The summed E-state index contributed by atoms with van der Waals surface area (Å²) >= 11 is 18.5. The van der Waals surface area contributed by atoms with Crippen LogP contribution in [0, 0.1) is 29.8 Å². The summed E-state index contributed by atoms with van der Waals surface area (Å²) in [5.41, 5.74) is 4.08. The summed E-state index contributed by atoms with van der Waals surface area (Å²) in [4.78, 5) is 6.09. The molecule has 0 spiro atoms. The fraction of sp³-hybridized carbons (Fsp3) is 0.333. The Morgan fingerprint density at radius 1 is 1.20 bits per heavy atom. The number of aliphatic imine (C=N–C) groups is 1. The lowest BCUT2D eigenvalue weighted by Crippen LogP contribution is -2.26. The molecule has 182 valence electrons. The number of hydrogen-bond donors (Lipinski definition) is 0. The SMILES string of the molecule is CC(C)(C)[C@@H]1CCc2c(sc(N=Cc3cc(I)c(OCc4ccc(Cl)cc4Cl)c(I)c3)c2C#N)C1. The second-order valence-corrected chi connectivity index (χ2v) is 13.9. The normalized spacial score (nSPS) is 15.8. The second-order valence-electron chi connectivity index (χ2n) is 9.70. The van der Waals surface area contributed by atoms with Gasteiger partial charge in [0, 0.05) is 26.7 Å². The van der Waals surface area contributed by atoms with Crippen LogP contribution in [0.4, 0.5) is 5.00 Å². The van der Waals surface area contributed by atoms with E-state index in [1.807, 2.05) is 30.5 Å².